The summed E-state index contributed by atoms with van der Waals surface area (Å²) in [5.74, 6) is 0. The Kier molecular flexibility index (Phi) is 3.37. The molecule has 0 bridgehead atoms. The quantitative estimate of drug-likeness (QED) is 0.631. The van der Waals surface area contributed by atoms with E-state index in [-0.39, 0.29) is 0 Å². The van der Waals surface area contributed by atoms with E-state index in [1.54, 1.807) is 0 Å². The Morgan fingerprint density at radius 2 is 1.06 bits per heavy atom. The molecule has 0 aliphatic rings. The molecule has 0 fully saturated rings. The molecule has 2 aromatic carbocycles. The average Bonchev–Trinajstić information content (AvgIpc) is 2.30. The molecule has 0 saturated carbocycles. The summed E-state index contributed by atoms with van der Waals surface area (Å²) in [6.45, 7) is 4.04. The maximum Gasteiger partial charge on any atom is 0.415 e. The highest BCUT2D eigenvalue weighted by Crippen LogP contribution is 2.46. The summed E-state index contributed by atoms with van der Waals surface area (Å²) in [7, 11) is 3.44. The van der Waals surface area contributed by atoms with E-state index in [2.05, 4.69) is 0 Å². The van der Waals surface area contributed by atoms with Crippen LogP contribution in [-0.2, 0) is 0 Å². The van der Waals surface area contributed by atoms with Gasteiger partial charge in [-0.05, 0) is 38.1 Å². The first-order valence-electron chi connectivity index (χ1n) is 5.55. The number of rotatable bonds is 2. The third-order valence-electron chi connectivity index (χ3n) is 2.86. The van der Waals surface area contributed by atoms with Crippen LogP contribution in [0.5, 0.6) is 0 Å². The van der Waals surface area contributed by atoms with Crippen molar-refractivity contribution in [2.75, 3.05) is 0 Å². The van der Waals surface area contributed by atoms with E-state index in [0.717, 1.165) is 21.7 Å². The Morgan fingerprint density at radius 3 is 1.35 bits per heavy atom. The Bertz CT molecular complexity index is 455. The predicted octanol–water partition coefficient (Wildman–Crippen LogP) is 2.26. The van der Waals surface area contributed by atoms with E-state index >= 15 is 0 Å². The van der Waals surface area contributed by atoms with E-state index in [0.29, 0.717) is 0 Å². The molecule has 0 aromatic heterocycles. The van der Waals surface area contributed by atoms with Gasteiger partial charge in [-0.2, -0.15) is 0 Å². The summed E-state index contributed by atoms with van der Waals surface area (Å²) in [5.41, 5.74) is 2.33. The lowest BCUT2D eigenvalue weighted by molar-refractivity contribution is 0.638. The lowest BCUT2D eigenvalue weighted by Gasteiger charge is -2.15. The van der Waals surface area contributed by atoms with E-state index < -0.39 is 7.37 Å². The largest absolute Gasteiger partial charge is 0.415 e. The molecular weight excluding hydrogens is 226 g/mol. The lowest BCUT2D eigenvalue weighted by Crippen LogP contribution is -2.21. The topological polar surface area (TPSA) is 20.2 Å². The van der Waals surface area contributed by atoms with Gasteiger partial charge < -0.3 is 0 Å². The van der Waals surface area contributed by atoms with Crippen LogP contribution in [0.15, 0.2) is 48.5 Å². The molecule has 0 aliphatic carbocycles. The van der Waals surface area contributed by atoms with Gasteiger partial charge in [0.1, 0.15) is 10.6 Å². The maximum absolute atomic E-state index is 10.5. The molecule has 0 unspecified atom stereocenters. The highest BCUT2D eigenvalue weighted by atomic mass is 31.2. The minimum Gasteiger partial charge on any atom is -0.260 e. The first-order valence-corrected chi connectivity index (χ1v) is 7.36. The van der Waals surface area contributed by atoms with Crippen molar-refractivity contribution < 1.29 is 4.89 Å². The van der Waals surface area contributed by atoms with Crippen molar-refractivity contribution in [2.24, 2.45) is 0 Å². The fourth-order valence-electron chi connectivity index (χ4n) is 1.69. The number of benzene rings is 2. The number of hydrogen-bond donors (Lipinski definition) is 1. The van der Waals surface area contributed by atoms with Crippen LogP contribution >= 0.6 is 7.37 Å². The second-order valence-corrected chi connectivity index (χ2v) is 6.76. The summed E-state index contributed by atoms with van der Waals surface area (Å²) in [6, 6.07) is 15.5. The Morgan fingerprint density at radius 1 is 0.765 bits per heavy atom. The first kappa shape index (κ1) is 12.4. The van der Waals surface area contributed by atoms with Crippen molar-refractivity contribution in [1.82, 2.24) is 0 Å². The molecule has 1 nitrogen and oxygen atoms in total. The standard InChI is InChI=1S/C14H15BOP/c1-11-3-7-13(8-4-11)17(15,16)14-9-5-12(2)6-10-14/h3-10,16H,1-2H3/q+1. The fourth-order valence-corrected chi connectivity index (χ4v) is 3.20. The van der Waals surface area contributed by atoms with Crippen molar-refractivity contribution in [3.8, 4) is 0 Å². The fraction of sp³-hybridized carbons (Fsp3) is 0.143. The van der Waals surface area contributed by atoms with Crippen LogP contribution < -0.4 is 10.6 Å². The second-order valence-electron chi connectivity index (χ2n) is 4.36. The maximum atomic E-state index is 10.5. The summed E-state index contributed by atoms with van der Waals surface area (Å²) in [4.78, 5) is 10.5. The van der Waals surface area contributed by atoms with E-state index in [1.807, 2.05) is 62.4 Å². The zero-order chi connectivity index (χ0) is 12.5. The molecule has 2 rings (SSSR count). The highest BCUT2D eigenvalue weighted by Gasteiger charge is 2.35. The molecule has 2 radical (unpaired) electrons. The van der Waals surface area contributed by atoms with Crippen LogP contribution in [0, 0.1) is 13.8 Å². The monoisotopic (exact) mass is 241 g/mol. The van der Waals surface area contributed by atoms with E-state index in [1.165, 1.54) is 0 Å². The van der Waals surface area contributed by atoms with Crippen LogP contribution in [0.4, 0.5) is 0 Å². The Balaban J connectivity index is 2.41. The van der Waals surface area contributed by atoms with Gasteiger partial charge in [-0.1, -0.05) is 35.4 Å². The van der Waals surface area contributed by atoms with Crippen LogP contribution in [0.1, 0.15) is 11.1 Å². The SMILES string of the molecule is [B][P+](O)(c1ccc(C)cc1)c1ccc(C)cc1. The minimum absolute atomic E-state index is 0.812. The van der Waals surface area contributed by atoms with E-state index in [4.69, 9.17) is 7.57 Å². The van der Waals surface area contributed by atoms with Crippen LogP contribution in [0.3, 0.4) is 0 Å². The van der Waals surface area contributed by atoms with Gasteiger partial charge in [-0.25, -0.2) is 0 Å². The molecular formula is C14H15BOP+. The Labute approximate surface area is 104 Å². The third kappa shape index (κ3) is 2.59. The molecule has 1 N–H and O–H groups in total. The zero-order valence-electron chi connectivity index (χ0n) is 10.1. The van der Waals surface area contributed by atoms with Crippen LogP contribution in [0.25, 0.3) is 0 Å². The van der Waals surface area contributed by atoms with Gasteiger partial charge >= 0.3 is 7.57 Å². The second kappa shape index (κ2) is 4.64. The van der Waals surface area contributed by atoms with Crippen LogP contribution in [0.2, 0.25) is 0 Å². The van der Waals surface area contributed by atoms with Crippen molar-refractivity contribution in [2.45, 2.75) is 13.8 Å². The summed E-state index contributed by atoms with van der Waals surface area (Å²) in [6.07, 6.45) is 0. The van der Waals surface area contributed by atoms with Crippen molar-refractivity contribution in [3.05, 3.63) is 59.7 Å². The molecule has 0 amide bonds. The van der Waals surface area contributed by atoms with Crippen molar-refractivity contribution >= 4 is 25.5 Å². The number of aryl methyl sites for hydroxylation is 2. The van der Waals surface area contributed by atoms with Crippen LogP contribution in [-0.4, -0.2) is 12.5 Å². The first-order chi connectivity index (χ1) is 8.00. The molecule has 0 saturated heterocycles. The van der Waals surface area contributed by atoms with E-state index in [9.17, 15) is 4.89 Å². The van der Waals surface area contributed by atoms with Gasteiger partial charge in [-0.15, -0.1) is 0 Å². The summed E-state index contributed by atoms with van der Waals surface area (Å²) >= 11 is 0. The van der Waals surface area contributed by atoms with Gasteiger partial charge in [-0.3, -0.25) is 4.89 Å². The van der Waals surface area contributed by atoms with Gasteiger partial charge in [0.25, 0.3) is 0 Å². The molecule has 0 heterocycles. The molecule has 84 valence electrons. The van der Waals surface area contributed by atoms with Crippen molar-refractivity contribution in [1.29, 1.82) is 0 Å². The lowest BCUT2D eigenvalue weighted by atomic mass is 10.2. The molecule has 0 aliphatic heterocycles. The zero-order valence-corrected chi connectivity index (χ0v) is 11.0. The normalized spacial score (nSPS) is 11.5. The Hall–Kier alpha value is -1.11. The smallest absolute Gasteiger partial charge is 0.260 e. The highest BCUT2D eigenvalue weighted by molar-refractivity contribution is 8.04. The minimum atomic E-state index is -2.69. The molecule has 0 spiro atoms. The molecule has 2 aromatic rings. The van der Waals surface area contributed by atoms with Gasteiger partial charge in [0.05, 0.1) is 0 Å². The summed E-state index contributed by atoms with van der Waals surface area (Å²) < 4.78 is 0. The molecule has 17 heavy (non-hydrogen) atoms. The van der Waals surface area contributed by atoms with Gasteiger partial charge in [0, 0.05) is 0 Å². The summed E-state index contributed by atoms with van der Waals surface area (Å²) in [5, 5.41) is 1.62. The van der Waals surface area contributed by atoms with Crippen molar-refractivity contribution in [3.63, 3.8) is 0 Å². The average molecular weight is 241 g/mol. The third-order valence-corrected chi connectivity index (χ3v) is 5.03. The predicted molar refractivity (Wildman–Crippen MR) is 76.5 cm³/mol. The molecule has 0 atom stereocenters. The number of hydrogen-bond acceptors (Lipinski definition) is 1. The van der Waals surface area contributed by atoms with Gasteiger partial charge in [0.2, 0.25) is 0 Å². The molecule has 3 heteroatoms. The van der Waals surface area contributed by atoms with Gasteiger partial charge in [0.15, 0.2) is 7.37 Å².